The molecule has 6 nitrogen and oxygen atoms in total. The van der Waals surface area contributed by atoms with E-state index in [4.69, 9.17) is 5.11 Å². The molecular weight excluding hydrogens is 278 g/mol. The molecule has 0 unspecified atom stereocenters. The number of aliphatic hydroxyl groups is 1. The predicted molar refractivity (Wildman–Crippen MR) is 69.5 cm³/mol. The van der Waals surface area contributed by atoms with Gasteiger partial charge in [-0.05, 0) is 31.6 Å². The lowest BCUT2D eigenvalue weighted by molar-refractivity contribution is 0.180. The van der Waals surface area contributed by atoms with Gasteiger partial charge in [0.25, 0.3) is 0 Å². The second-order valence-electron chi connectivity index (χ2n) is 4.97. The van der Waals surface area contributed by atoms with E-state index < -0.39 is 19.9 Å². The van der Waals surface area contributed by atoms with E-state index in [1.165, 1.54) is 0 Å². The fourth-order valence-corrected chi connectivity index (χ4v) is 4.99. The Morgan fingerprint density at radius 2 is 1.61 bits per heavy atom. The van der Waals surface area contributed by atoms with E-state index in [-0.39, 0.29) is 30.1 Å². The van der Waals surface area contributed by atoms with E-state index in [1.807, 2.05) is 0 Å². The molecule has 0 amide bonds. The van der Waals surface area contributed by atoms with E-state index in [1.54, 1.807) is 0 Å². The van der Waals surface area contributed by atoms with Gasteiger partial charge in [-0.15, -0.1) is 0 Å². The first-order valence-electron chi connectivity index (χ1n) is 6.00. The van der Waals surface area contributed by atoms with Crippen molar-refractivity contribution < 1.29 is 21.9 Å². The Labute approximate surface area is 109 Å². The maximum Gasteiger partial charge on any atom is 0.212 e. The Bertz CT molecular complexity index is 449. The van der Waals surface area contributed by atoms with Gasteiger partial charge in [0.2, 0.25) is 10.0 Å². The highest BCUT2D eigenvalue weighted by molar-refractivity contribution is 7.93. The third-order valence-electron chi connectivity index (χ3n) is 3.17. The van der Waals surface area contributed by atoms with Crippen molar-refractivity contribution in [2.24, 2.45) is 5.92 Å². The summed E-state index contributed by atoms with van der Waals surface area (Å²) in [4.78, 5) is 0. The summed E-state index contributed by atoms with van der Waals surface area (Å²) in [6, 6.07) is -0.127. The van der Waals surface area contributed by atoms with Crippen LogP contribution in [0.3, 0.4) is 0 Å². The van der Waals surface area contributed by atoms with E-state index in [0.29, 0.717) is 12.8 Å². The summed E-state index contributed by atoms with van der Waals surface area (Å²) in [5.41, 5.74) is 0. The lowest BCUT2D eigenvalue weighted by atomic mass is 9.87. The molecular formula is C10H21NO5S2. The Balaban J connectivity index is 2.42. The van der Waals surface area contributed by atoms with Crippen molar-refractivity contribution in [3.63, 3.8) is 0 Å². The SMILES string of the molecule is CS(=O)(=O)CCS(=O)(=O)NC1CCC(CO)CC1. The molecule has 1 aliphatic rings. The van der Waals surface area contributed by atoms with Gasteiger partial charge in [0.15, 0.2) is 0 Å². The Kier molecular flexibility index (Phi) is 5.57. The van der Waals surface area contributed by atoms with E-state index in [9.17, 15) is 16.8 Å². The molecule has 0 saturated heterocycles. The van der Waals surface area contributed by atoms with Gasteiger partial charge < -0.3 is 5.11 Å². The van der Waals surface area contributed by atoms with Gasteiger partial charge in [0.05, 0.1) is 11.5 Å². The molecule has 0 atom stereocenters. The maximum absolute atomic E-state index is 11.7. The quantitative estimate of drug-likeness (QED) is 0.689. The zero-order chi connectivity index (χ0) is 13.8. The monoisotopic (exact) mass is 299 g/mol. The number of hydrogen-bond acceptors (Lipinski definition) is 5. The first-order valence-corrected chi connectivity index (χ1v) is 9.72. The van der Waals surface area contributed by atoms with Gasteiger partial charge in [-0.1, -0.05) is 0 Å². The van der Waals surface area contributed by atoms with Crippen LogP contribution in [-0.2, 0) is 19.9 Å². The van der Waals surface area contributed by atoms with Crippen LogP contribution in [-0.4, -0.2) is 52.4 Å². The molecule has 0 bridgehead atoms. The minimum Gasteiger partial charge on any atom is -0.396 e. The van der Waals surface area contributed by atoms with Crippen LogP contribution in [0.4, 0.5) is 0 Å². The normalized spacial score (nSPS) is 26.1. The molecule has 1 rings (SSSR count). The summed E-state index contributed by atoms with van der Waals surface area (Å²) in [7, 11) is -6.79. The molecule has 0 aromatic carbocycles. The first-order chi connectivity index (χ1) is 8.22. The third kappa shape index (κ3) is 6.12. The van der Waals surface area contributed by atoms with Crippen LogP contribution in [0.15, 0.2) is 0 Å². The number of hydrogen-bond donors (Lipinski definition) is 2. The van der Waals surface area contributed by atoms with Crippen molar-refractivity contribution in [2.45, 2.75) is 31.7 Å². The maximum atomic E-state index is 11.7. The molecule has 0 aromatic heterocycles. The van der Waals surface area contributed by atoms with Crippen LogP contribution in [0.1, 0.15) is 25.7 Å². The van der Waals surface area contributed by atoms with Gasteiger partial charge in [0, 0.05) is 18.9 Å². The molecule has 8 heteroatoms. The number of aliphatic hydroxyl groups excluding tert-OH is 1. The number of rotatable bonds is 6. The first kappa shape index (κ1) is 15.9. The van der Waals surface area contributed by atoms with Gasteiger partial charge in [0.1, 0.15) is 9.84 Å². The van der Waals surface area contributed by atoms with Crippen molar-refractivity contribution in [3.8, 4) is 0 Å². The zero-order valence-corrected chi connectivity index (χ0v) is 12.1. The van der Waals surface area contributed by atoms with E-state index in [2.05, 4.69) is 4.72 Å². The summed E-state index contributed by atoms with van der Waals surface area (Å²) in [6.07, 6.45) is 4.02. The molecule has 2 N–H and O–H groups in total. The highest BCUT2D eigenvalue weighted by Gasteiger charge is 2.24. The van der Waals surface area contributed by atoms with Crippen molar-refractivity contribution >= 4 is 19.9 Å². The van der Waals surface area contributed by atoms with Gasteiger partial charge in [-0.25, -0.2) is 21.6 Å². The molecule has 18 heavy (non-hydrogen) atoms. The van der Waals surface area contributed by atoms with Gasteiger partial charge >= 0.3 is 0 Å². The molecule has 0 spiro atoms. The lowest BCUT2D eigenvalue weighted by Crippen LogP contribution is -2.40. The fraction of sp³-hybridized carbons (Fsp3) is 1.00. The second kappa shape index (κ2) is 6.31. The molecule has 1 saturated carbocycles. The van der Waals surface area contributed by atoms with Gasteiger partial charge in [-0.3, -0.25) is 0 Å². The van der Waals surface area contributed by atoms with Crippen LogP contribution >= 0.6 is 0 Å². The van der Waals surface area contributed by atoms with Crippen LogP contribution in [0.2, 0.25) is 0 Å². The average Bonchev–Trinajstić information content (AvgIpc) is 2.26. The summed E-state index contributed by atoms with van der Waals surface area (Å²) in [5.74, 6) is -0.471. The highest BCUT2D eigenvalue weighted by atomic mass is 32.2. The van der Waals surface area contributed by atoms with Crippen LogP contribution in [0.25, 0.3) is 0 Å². The number of sulfonamides is 1. The Hall–Kier alpha value is -0.180. The van der Waals surface area contributed by atoms with Crippen LogP contribution < -0.4 is 4.72 Å². The van der Waals surface area contributed by atoms with Crippen LogP contribution in [0.5, 0.6) is 0 Å². The van der Waals surface area contributed by atoms with Crippen LogP contribution in [0, 0.1) is 5.92 Å². The average molecular weight is 299 g/mol. The van der Waals surface area contributed by atoms with Gasteiger partial charge in [-0.2, -0.15) is 0 Å². The zero-order valence-electron chi connectivity index (χ0n) is 10.5. The predicted octanol–water partition coefficient (Wildman–Crippen LogP) is -0.498. The minimum atomic E-state index is -3.53. The largest absolute Gasteiger partial charge is 0.396 e. The molecule has 0 aliphatic heterocycles. The molecule has 0 aromatic rings. The van der Waals surface area contributed by atoms with E-state index >= 15 is 0 Å². The Morgan fingerprint density at radius 3 is 2.06 bits per heavy atom. The Morgan fingerprint density at radius 1 is 1.06 bits per heavy atom. The summed E-state index contributed by atoms with van der Waals surface area (Å²) < 4.78 is 47.7. The number of nitrogens with one attached hydrogen (secondary N) is 1. The molecule has 1 aliphatic carbocycles. The summed E-state index contributed by atoms with van der Waals surface area (Å²) >= 11 is 0. The smallest absolute Gasteiger partial charge is 0.212 e. The summed E-state index contributed by atoms with van der Waals surface area (Å²) in [5, 5.41) is 8.98. The highest BCUT2D eigenvalue weighted by Crippen LogP contribution is 2.24. The topological polar surface area (TPSA) is 101 Å². The van der Waals surface area contributed by atoms with Crippen molar-refractivity contribution in [2.75, 3.05) is 24.4 Å². The third-order valence-corrected chi connectivity index (χ3v) is 5.81. The van der Waals surface area contributed by atoms with Crippen molar-refractivity contribution in [1.29, 1.82) is 0 Å². The molecule has 0 heterocycles. The van der Waals surface area contributed by atoms with E-state index in [0.717, 1.165) is 19.1 Å². The molecule has 0 radical (unpaired) electrons. The molecule has 108 valence electrons. The van der Waals surface area contributed by atoms with Crippen molar-refractivity contribution in [1.82, 2.24) is 4.72 Å². The minimum absolute atomic E-state index is 0.127. The number of sulfone groups is 1. The lowest BCUT2D eigenvalue weighted by Gasteiger charge is -2.27. The fourth-order valence-electron chi connectivity index (χ4n) is 2.04. The second-order valence-corrected chi connectivity index (χ2v) is 9.10. The summed E-state index contributed by atoms with van der Waals surface area (Å²) in [6.45, 7) is 0.146. The van der Waals surface area contributed by atoms with Crippen molar-refractivity contribution in [3.05, 3.63) is 0 Å². The molecule has 1 fully saturated rings. The standard InChI is InChI=1S/C10H21NO5S2/c1-17(13,14)6-7-18(15,16)11-10-4-2-9(8-12)3-5-10/h9-12H,2-8H2,1H3.